The second-order valence-electron chi connectivity index (χ2n) is 7.71. The summed E-state index contributed by atoms with van der Waals surface area (Å²) in [7, 11) is 0. The molecule has 4 heterocycles. The Hall–Kier alpha value is -3.95. The summed E-state index contributed by atoms with van der Waals surface area (Å²) in [5, 5.41) is 3.15. The molecule has 1 aliphatic rings. The molecule has 172 valence electrons. The summed E-state index contributed by atoms with van der Waals surface area (Å²) in [6.07, 6.45) is 4.85. The molecule has 3 aromatic heterocycles. The van der Waals surface area contributed by atoms with Gasteiger partial charge in [0.2, 0.25) is 0 Å². The second kappa shape index (κ2) is 10.6. The van der Waals surface area contributed by atoms with Crippen LogP contribution in [0.25, 0.3) is 11.3 Å². The van der Waals surface area contributed by atoms with E-state index in [0.29, 0.717) is 50.2 Å². The molecule has 33 heavy (non-hydrogen) atoms. The third kappa shape index (κ3) is 5.85. The number of nitrogens with zero attached hydrogens (tertiary/aromatic N) is 6. The van der Waals surface area contributed by atoms with Crippen LogP contribution in [0.1, 0.15) is 19.8 Å². The molecule has 4 rings (SSSR count). The Labute approximate surface area is 192 Å². The van der Waals surface area contributed by atoms with E-state index in [2.05, 4.69) is 32.1 Å². The number of ether oxygens (including phenoxy) is 1. The SMILES string of the molecule is CCCCOC(=O)N1CCN(c2cc(-c3cccc(Nc4cc(N)ncn4)n3)ccn2)CC1. The van der Waals surface area contributed by atoms with Gasteiger partial charge in [-0.05, 0) is 30.7 Å². The highest BCUT2D eigenvalue weighted by Gasteiger charge is 2.23. The Bertz CT molecular complexity index is 1090. The lowest BCUT2D eigenvalue weighted by molar-refractivity contribution is 0.0989. The lowest BCUT2D eigenvalue weighted by Gasteiger charge is -2.34. The van der Waals surface area contributed by atoms with E-state index < -0.39 is 0 Å². The number of nitrogens with one attached hydrogen (secondary N) is 1. The van der Waals surface area contributed by atoms with Crippen molar-refractivity contribution in [3.63, 3.8) is 0 Å². The van der Waals surface area contributed by atoms with Crippen molar-refractivity contribution in [1.82, 2.24) is 24.8 Å². The zero-order valence-electron chi connectivity index (χ0n) is 18.6. The smallest absolute Gasteiger partial charge is 0.409 e. The molecule has 0 saturated carbocycles. The lowest BCUT2D eigenvalue weighted by Crippen LogP contribution is -2.49. The number of anilines is 4. The van der Waals surface area contributed by atoms with Gasteiger partial charge >= 0.3 is 6.09 Å². The van der Waals surface area contributed by atoms with Crippen LogP contribution in [0.4, 0.5) is 28.1 Å². The molecule has 1 amide bonds. The summed E-state index contributed by atoms with van der Waals surface area (Å²) < 4.78 is 5.32. The fourth-order valence-electron chi connectivity index (χ4n) is 3.50. The number of hydrogen-bond donors (Lipinski definition) is 2. The molecular weight excluding hydrogens is 420 g/mol. The minimum atomic E-state index is -0.233. The first-order chi connectivity index (χ1) is 16.1. The van der Waals surface area contributed by atoms with Crippen LogP contribution >= 0.6 is 0 Å². The van der Waals surface area contributed by atoms with E-state index in [1.807, 2.05) is 30.3 Å². The van der Waals surface area contributed by atoms with E-state index in [1.165, 1.54) is 6.33 Å². The third-order valence-corrected chi connectivity index (χ3v) is 5.32. The normalized spacial score (nSPS) is 13.6. The molecule has 3 aromatic rings. The Kier molecular flexibility index (Phi) is 7.13. The quantitative estimate of drug-likeness (QED) is 0.524. The van der Waals surface area contributed by atoms with Gasteiger partial charge in [-0.1, -0.05) is 19.4 Å². The summed E-state index contributed by atoms with van der Waals surface area (Å²) in [6, 6.07) is 11.3. The van der Waals surface area contributed by atoms with Crippen molar-refractivity contribution in [3.05, 3.63) is 48.9 Å². The Balaban J connectivity index is 1.41. The largest absolute Gasteiger partial charge is 0.449 e. The highest BCUT2D eigenvalue weighted by Crippen LogP contribution is 2.24. The number of nitrogen functional groups attached to an aromatic ring is 1. The van der Waals surface area contributed by atoms with Gasteiger partial charge in [-0.3, -0.25) is 0 Å². The van der Waals surface area contributed by atoms with Crippen molar-refractivity contribution >= 4 is 29.4 Å². The zero-order valence-corrected chi connectivity index (χ0v) is 18.6. The molecule has 0 atom stereocenters. The van der Waals surface area contributed by atoms with Gasteiger partial charge < -0.3 is 25.6 Å². The fraction of sp³-hybridized carbons (Fsp3) is 0.348. The van der Waals surface area contributed by atoms with Crippen LogP contribution < -0.4 is 16.0 Å². The molecule has 10 nitrogen and oxygen atoms in total. The Morgan fingerprint density at radius 3 is 2.73 bits per heavy atom. The van der Waals surface area contributed by atoms with E-state index in [-0.39, 0.29) is 6.09 Å². The number of aromatic nitrogens is 4. The Morgan fingerprint density at radius 1 is 1.09 bits per heavy atom. The average Bonchev–Trinajstić information content (AvgIpc) is 2.84. The molecule has 0 unspecified atom stereocenters. The van der Waals surface area contributed by atoms with E-state index in [1.54, 1.807) is 17.2 Å². The molecule has 1 saturated heterocycles. The number of hydrogen-bond acceptors (Lipinski definition) is 9. The second-order valence-corrected chi connectivity index (χ2v) is 7.71. The van der Waals surface area contributed by atoms with Gasteiger partial charge in [0.25, 0.3) is 0 Å². The topological polar surface area (TPSA) is 122 Å². The number of piperazine rings is 1. The van der Waals surface area contributed by atoms with Crippen LogP contribution in [-0.4, -0.2) is 63.7 Å². The van der Waals surface area contributed by atoms with Gasteiger partial charge in [-0.25, -0.2) is 24.7 Å². The number of unbranched alkanes of at least 4 members (excludes halogenated alkanes) is 1. The molecule has 0 bridgehead atoms. The maximum atomic E-state index is 12.2. The average molecular weight is 449 g/mol. The zero-order chi connectivity index (χ0) is 23.0. The summed E-state index contributed by atoms with van der Waals surface area (Å²) in [6.45, 7) is 5.16. The van der Waals surface area contributed by atoms with E-state index in [0.717, 1.165) is 29.9 Å². The van der Waals surface area contributed by atoms with E-state index in [4.69, 9.17) is 15.5 Å². The van der Waals surface area contributed by atoms with Crippen LogP contribution in [0.5, 0.6) is 0 Å². The molecule has 0 aromatic carbocycles. The van der Waals surface area contributed by atoms with Gasteiger partial charge in [0.1, 0.15) is 29.6 Å². The van der Waals surface area contributed by atoms with Gasteiger partial charge in [-0.15, -0.1) is 0 Å². The molecule has 3 N–H and O–H groups in total. The number of amides is 1. The van der Waals surface area contributed by atoms with Gasteiger partial charge in [0.05, 0.1) is 12.3 Å². The summed E-state index contributed by atoms with van der Waals surface area (Å²) in [4.78, 5) is 33.4. The van der Waals surface area contributed by atoms with Crippen LogP contribution in [0.2, 0.25) is 0 Å². The fourth-order valence-corrected chi connectivity index (χ4v) is 3.50. The highest BCUT2D eigenvalue weighted by atomic mass is 16.6. The number of nitrogens with two attached hydrogens (primary N) is 1. The third-order valence-electron chi connectivity index (χ3n) is 5.32. The first-order valence-corrected chi connectivity index (χ1v) is 11.1. The predicted molar refractivity (Wildman–Crippen MR) is 127 cm³/mol. The van der Waals surface area contributed by atoms with E-state index >= 15 is 0 Å². The minimum Gasteiger partial charge on any atom is -0.449 e. The number of carbonyl (C=O) groups is 1. The van der Waals surface area contributed by atoms with Crippen LogP contribution in [-0.2, 0) is 4.74 Å². The lowest BCUT2D eigenvalue weighted by atomic mass is 10.1. The minimum absolute atomic E-state index is 0.233. The Morgan fingerprint density at radius 2 is 1.94 bits per heavy atom. The van der Waals surface area contributed by atoms with Crippen molar-refractivity contribution < 1.29 is 9.53 Å². The van der Waals surface area contributed by atoms with Crippen LogP contribution in [0, 0.1) is 0 Å². The number of rotatable bonds is 7. The maximum Gasteiger partial charge on any atom is 0.409 e. The molecule has 0 radical (unpaired) electrons. The number of carbonyl (C=O) groups excluding carboxylic acids is 1. The molecule has 10 heteroatoms. The van der Waals surface area contributed by atoms with Crippen LogP contribution in [0.15, 0.2) is 48.9 Å². The molecule has 1 aliphatic heterocycles. The van der Waals surface area contributed by atoms with Crippen molar-refractivity contribution in [2.24, 2.45) is 0 Å². The van der Waals surface area contributed by atoms with Gasteiger partial charge in [0.15, 0.2) is 0 Å². The summed E-state index contributed by atoms with van der Waals surface area (Å²) in [5.74, 6) is 2.47. The van der Waals surface area contributed by atoms with Gasteiger partial charge in [-0.2, -0.15) is 0 Å². The molecule has 0 spiro atoms. The first kappa shape index (κ1) is 22.3. The van der Waals surface area contributed by atoms with Crippen molar-refractivity contribution in [3.8, 4) is 11.3 Å². The molecule has 0 aliphatic carbocycles. The standard InChI is InChI=1S/C23H28N8O2/c1-2-3-13-33-23(32)31-11-9-30(10-12-31)22-14-17(7-8-25-22)18-5-4-6-20(28-18)29-21-15-19(24)26-16-27-21/h4-8,14-16H,2-3,9-13H2,1H3,(H3,24,26,27,28,29). The monoisotopic (exact) mass is 448 g/mol. The summed E-state index contributed by atoms with van der Waals surface area (Å²) >= 11 is 0. The molecule has 1 fully saturated rings. The number of pyridine rings is 2. The maximum absolute atomic E-state index is 12.2. The van der Waals surface area contributed by atoms with Crippen molar-refractivity contribution in [2.45, 2.75) is 19.8 Å². The van der Waals surface area contributed by atoms with Crippen molar-refractivity contribution in [1.29, 1.82) is 0 Å². The van der Waals surface area contributed by atoms with Crippen LogP contribution in [0.3, 0.4) is 0 Å². The highest BCUT2D eigenvalue weighted by molar-refractivity contribution is 5.69. The molecular formula is C23H28N8O2. The summed E-state index contributed by atoms with van der Waals surface area (Å²) in [5.41, 5.74) is 7.48. The van der Waals surface area contributed by atoms with E-state index in [9.17, 15) is 4.79 Å². The van der Waals surface area contributed by atoms with Crippen molar-refractivity contribution in [2.75, 3.05) is 48.7 Å². The van der Waals surface area contributed by atoms with Gasteiger partial charge in [0, 0.05) is 44.0 Å². The first-order valence-electron chi connectivity index (χ1n) is 11.1. The predicted octanol–water partition coefficient (Wildman–Crippen LogP) is 3.32.